The molecule has 0 saturated carbocycles. The molecule has 0 aromatic heterocycles. The maximum atomic E-state index is 11.9. The number of benzene rings is 2. The first-order valence-corrected chi connectivity index (χ1v) is 8.67. The summed E-state index contributed by atoms with van der Waals surface area (Å²) < 4.78 is 23.8. The van der Waals surface area contributed by atoms with Gasteiger partial charge in [-0.3, -0.25) is 9.59 Å². The lowest BCUT2D eigenvalue weighted by molar-refractivity contribution is -0.114. The average molecular weight is 332 g/mol. The van der Waals surface area contributed by atoms with E-state index in [1.54, 1.807) is 60.7 Å². The van der Waals surface area contributed by atoms with E-state index in [9.17, 15) is 18.0 Å². The highest BCUT2D eigenvalue weighted by Gasteiger charge is 2.21. The summed E-state index contributed by atoms with van der Waals surface area (Å²) in [6.45, 7) is 0. The Kier molecular flexibility index (Phi) is 5.48. The van der Waals surface area contributed by atoms with E-state index in [1.165, 1.54) is 0 Å². The molecule has 0 atom stereocenters. The van der Waals surface area contributed by atoms with Crippen molar-refractivity contribution in [2.45, 2.75) is 0 Å². The molecule has 0 saturated heterocycles. The summed E-state index contributed by atoms with van der Waals surface area (Å²) in [5, 5.41) is 4.94. The number of hydrogen-bond acceptors (Lipinski definition) is 4. The second kappa shape index (κ2) is 7.55. The fourth-order valence-electron chi connectivity index (χ4n) is 1.89. The lowest BCUT2D eigenvalue weighted by Gasteiger charge is -2.07. The van der Waals surface area contributed by atoms with Crippen LogP contribution >= 0.6 is 0 Å². The molecule has 2 amide bonds. The van der Waals surface area contributed by atoms with Gasteiger partial charge in [0.05, 0.1) is 0 Å². The van der Waals surface area contributed by atoms with Gasteiger partial charge in [-0.1, -0.05) is 36.4 Å². The summed E-state index contributed by atoms with van der Waals surface area (Å²) in [7, 11) is -3.84. The first-order valence-electron chi connectivity index (χ1n) is 6.85. The van der Waals surface area contributed by atoms with Crippen LogP contribution in [0.4, 0.5) is 11.4 Å². The number of nitrogens with one attached hydrogen (secondary N) is 2. The van der Waals surface area contributed by atoms with Crippen LogP contribution in [0, 0.1) is 0 Å². The van der Waals surface area contributed by atoms with Crippen molar-refractivity contribution in [1.29, 1.82) is 0 Å². The normalized spacial score (nSPS) is 10.8. The molecule has 2 aromatic rings. The smallest absolute Gasteiger partial charge is 0.239 e. The molecule has 0 radical (unpaired) electrons. The molecule has 7 heteroatoms. The number of para-hydroxylation sites is 2. The Morgan fingerprint density at radius 3 is 1.39 bits per heavy atom. The van der Waals surface area contributed by atoms with Gasteiger partial charge in [-0.15, -0.1) is 0 Å². The van der Waals surface area contributed by atoms with Gasteiger partial charge in [-0.05, 0) is 24.3 Å². The van der Waals surface area contributed by atoms with Crippen LogP contribution in [-0.4, -0.2) is 31.7 Å². The predicted molar refractivity (Wildman–Crippen MR) is 88.8 cm³/mol. The van der Waals surface area contributed by atoms with Crippen molar-refractivity contribution in [3.05, 3.63) is 60.7 Å². The number of carbonyl (C=O) groups is 2. The second-order valence-electron chi connectivity index (χ2n) is 4.86. The molecule has 6 nitrogen and oxygen atoms in total. The Hall–Kier alpha value is -2.67. The Labute approximate surface area is 134 Å². The Morgan fingerprint density at radius 2 is 1.04 bits per heavy atom. The minimum Gasteiger partial charge on any atom is -0.325 e. The van der Waals surface area contributed by atoms with Gasteiger partial charge in [0.1, 0.15) is 11.5 Å². The molecule has 2 N–H and O–H groups in total. The molecule has 23 heavy (non-hydrogen) atoms. The number of amides is 2. The third-order valence-corrected chi connectivity index (χ3v) is 4.22. The van der Waals surface area contributed by atoms with E-state index >= 15 is 0 Å². The molecule has 120 valence electrons. The highest BCUT2D eigenvalue weighted by molar-refractivity contribution is 7.92. The van der Waals surface area contributed by atoms with Crippen LogP contribution in [0.2, 0.25) is 0 Å². The molecule has 0 aliphatic carbocycles. The van der Waals surface area contributed by atoms with Crippen molar-refractivity contribution in [2.75, 3.05) is 22.1 Å². The minimum atomic E-state index is -3.84. The topological polar surface area (TPSA) is 92.3 Å². The fraction of sp³-hybridized carbons (Fsp3) is 0.125. The number of carbonyl (C=O) groups excluding carboxylic acids is 2. The minimum absolute atomic E-state index is 0.501. The third kappa shape index (κ3) is 5.91. The third-order valence-electron chi connectivity index (χ3n) is 2.82. The molecule has 2 rings (SSSR count). The maximum absolute atomic E-state index is 11.9. The standard InChI is InChI=1S/C16H16N2O4S/c19-15(17-13-7-3-1-4-8-13)11-23(21,22)12-16(20)18-14-9-5-2-6-10-14/h1-10H,11-12H2,(H,17,19)(H,18,20). The van der Waals surface area contributed by atoms with E-state index in [4.69, 9.17) is 0 Å². The van der Waals surface area contributed by atoms with Gasteiger partial charge in [0.25, 0.3) is 0 Å². The van der Waals surface area contributed by atoms with Crippen LogP contribution < -0.4 is 10.6 Å². The molecular weight excluding hydrogens is 316 g/mol. The zero-order chi connectivity index (χ0) is 16.7. The van der Waals surface area contributed by atoms with Gasteiger partial charge >= 0.3 is 0 Å². The van der Waals surface area contributed by atoms with Crippen LogP contribution in [0.25, 0.3) is 0 Å². The van der Waals surface area contributed by atoms with E-state index in [-0.39, 0.29) is 0 Å². The molecule has 0 aliphatic heterocycles. The number of sulfone groups is 1. The zero-order valence-corrected chi connectivity index (χ0v) is 13.0. The predicted octanol–water partition coefficient (Wildman–Crippen LogP) is 1.68. The number of anilines is 2. The lowest BCUT2D eigenvalue weighted by Crippen LogP contribution is -2.30. The molecule has 2 aromatic carbocycles. The van der Waals surface area contributed by atoms with Crippen LogP contribution in [0.5, 0.6) is 0 Å². The highest BCUT2D eigenvalue weighted by atomic mass is 32.2. The van der Waals surface area contributed by atoms with Gasteiger partial charge < -0.3 is 10.6 Å². The van der Waals surface area contributed by atoms with Crippen LogP contribution in [0.15, 0.2) is 60.7 Å². The average Bonchev–Trinajstić information content (AvgIpc) is 2.47. The van der Waals surface area contributed by atoms with Crippen molar-refractivity contribution in [3.63, 3.8) is 0 Å². The van der Waals surface area contributed by atoms with E-state index in [1.807, 2.05) is 0 Å². The molecular formula is C16H16N2O4S. The number of hydrogen-bond donors (Lipinski definition) is 2. The van der Waals surface area contributed by atoms with E-state index in [0.29, 0.717) is 11.4 Å². The molecule has 0 unspecified atom stereocenters. The van der Waals surface area contributed by atoms with Crippen molar-refractivity contribution in [2.24, 2.45) is 0 Å². The lowest BCUT2D eigenvalue weighted by atomic mass is 10.3. The summed E-state index contributed by atoms with van der Waals surface area (Å²) in [6, 6.07) is 17.0. The van der Waals surface area contributed by atoms with Gasteiger partial charge in [0, 0.05) is 11.4 Å². The summed E-state index contributed by atoms with van der Waals surface area (Å²) >= 11 is 0. The monoisotopic (exact) mass is 332 g/mol. The van der Waals surface area contributed by atoms with E-state index in [2.05, 4.69) is 10.6 Å². The first kappa shape index (κ1) is 16.7. The van der Waals surface area contributed by atoms with Crippen molar-refractivity contribution >= 4 is 33.0 Å². The van der Waals surface area contributed by atoms with Crippen molar-refractivity contribution in [1.82, 2.24) is 0 Å². The quantitative estimate of drug-likeness (QED) is 0.842. The maximum Gasteiger partial charge on any atom is 0.239 e. The first-order chi connectivity index (χ1) is 10.9. The van der Waals surface area contributed by atoms with Gasteiger partial charge in [-0.25, -0.2) is 8.42 Å². The molecule has 0 heterocycles. The van der Waals surface area contributed by atoms with Crippen LogP contribution in [-0.2, 0) is 19.4 Å². The summed E-state index contributed by atoms with van der Waals surface area (Å²) in [6.07, 6.45) is 0. The second-order valence-corrected chi connectivity index (χ2v) is 6.93. The molecule has 0 spiro atoms. The Bertz CT molecular complexity index is 713. The number of rotatable bonds is 6. The van der Waals surface area contributed by atoms with Crippen molar-refractivity contribution in [3.8, 4) is 0 Å². The molecule has 0 aliphatic rings. The van der Waals surface area contributed by atoms with Crippen LogP contribution in [0.3, 0.4) is 0 Å². The molecule has 0 fully saturated rings. The Balaban J connectivity index is 1.88. The zero-order valence-electron chi connectivity index (χ0n) is 12.2. The summed E-state index contributed by atoms with van der Waals surface area (Å²) in [4.78, 5) is 23.5. The van der Waals surface area contributed by atoms with Gasteiger partial charge in [0.15, 0.2) is 9.84 Å². The van der Waals surface area contributed by atoms with Gasteiger partial charge in [0.2, 0.25) is 11.8 Å². The summed E-state index contributed by atoms with van der Waals surface area (Å²) in [5.74, 6) is -2.85. The molecule has 0 bridgehead atoms. The Morgan fingerprint density at radius 1 is 0.696 bits per heavy atom. The van der Waals surface area contributed by atoms with E-state index in [0.717, 1.165) is 0 Å². The summed E-state index contributed by atoms with van der Waals surface area (Å²) in [5.41, 5.74) is 1.00. The SMILES string of the molecule is O=C(CS(=O)(=O)CC(=O)Nc1ccccc1)Nc1ccccc1. The fourth-order valence-corrected chi connectivity index (χ4v) is 2.93. The van der Waals surface area contributed by atoms with Crippen molar-refractivity contribution < 1.29 is 18.0 Å². The van der Waals surface area contributed by atoms with Crippen LogP contribution in [0.1, 0.15) is 0 Å². The largest absolute Gasteiger partial charge is 0.325 e. The highest BCUT2D eigenvalue weighted by Crippen LogP contribution is 2.07. The van der Waals surface area contributed by atoms with E-state index < -0.39 is 33.2 Å². The van der Waals surface area contributed by atoms with Gasteiger partial charge in [-0.2, -0.15) is 0 Å².